The minimum Gasteiger partial charge on any atom is -0.353 e. The van der Waals surface area contributed by atoms with E-state index in [2.05, 4.69) is 27.1 Å². The highest BCUT2D eigenvalue weighted by Crippen LogP contribution is 1.94. The Morgan fingerprint density at radius 2 is 2.21 bits per heavy atom. The second-order valence-corrected chi connectivity index (χ2v) is 4.40. The average Bonchev–Trinajstić information content (AvgIpc) is 2.09. The molecule has 0 saturated heterocycles. The van der Waals surface area contributed by atoms with Gasteiger partial charge in [0, 0.05) is 6.42 Å². The molecule has 5 nitrogen and oxygen atoms in total. The van der Waals surface area contributed by atoms with Crippen LogP contribution in [0.15, 0.2) is 0 Å². The molecule has 7 heteroatoms. The molecule has 0 fully saturated rings. The van der Waals surface area contributed by atoms with Crippen molar-refractivity contribution in [2.24, 2.45) is 0 Å². The van der Waals surface area contributed by atoms with Gasteiger partial charge in [0.25, 0.3) is 10.1 Å². The smallest absolute Gasteiger partial charge is 0.265 e. The second kappa shape index (κ2) is 6.05. The topological polar surface area (TPSA) is 72.5 Å². The van der Waals surface area contributed by atoms with Crippen LogP contribution >= 0.6 is 12.2 Å². The monoisotopic (exact) mass is 238 g/mol. The van der Waals surface area contributed by atoms with E-state index >= 15 is 0 Å². The van der Waals surface area contributed by atoms with Gasteiger partial charge in [-0.25, -0.2) is 0 Å². The fraction of sp³-hybridized carbons (Fsp3) is 0.714. The van der Waals surface area contributed by atoms with Crippen LogP contribution in [0.1, 0.15) is 13.3 Å². The zero-order valence-electron chi connectivity index (χ0n) is 7.94. The van der Waals surface area contributed by atoms with Crippen LogP contribution in [-0.4, -0.2) is 38.6 Å². The molecule has 1 N–H and O–H groups in total. The first-order valence-corrected chi connectivity index (χ1v) is 6.14. The van der Waals surface area contributed by atoms with E-state index in [9.17, 15) is 13.2 Å². The Labute approximate surface area is 88.9 Å². The summed E-state index contributed by atoms with van der Waals surface area (Å²) in [6.07, 6.45) is 0.327. The molecule has 0 aromatic heterocycles. The third-order valence-electron chi connectivity index (χ3n) is 1.23. The van der Waals surface area contributed by atoms with Crippen molar-refractivity contribution < 1.29 is 17.4 Å². The SMILES string of the molecule is CCC(=O)NCC([C]=S)OS(C)(=O)=O. The van der Waals surface area contributed by atoms with Gasteiger partial charge in [0.2, 0.25) is 5.91 Å². The Morgan fingerprint density at radius 3 is 2.57 bits per heavy atom. The lowest BCUT2D eigenvalue weighted by atomic mass is 10.4. The zero-order chi connectivity index (χ0) is 11.2. The van der Waals surface area contributed by atoms with Crippen LogP contribution in [0.4, 0.5) is 0 Å². The molecular formula is C7H12NO4S2. The number of hydrogen-bond acceptors (Lipinski definition) is 5. The van der Waals surface area contributed by atoms with Crippen molar-refractivity contribution in [2.75, 3.05) is 12.8 Å². The number of hydrogen-bond donors (Lipinski definition) is 1. The molecule has 0 aromatic carbocycles. The van der Waals surface area contributed by atoms with Gasteiger partial charge in [-0.15, -0.1) is 0 Å². The largest absolute Gasteiger partial charge is 0.353 e. The molecule has 1 radical (unpaired) electrons. The maximum atomic E-state index is 10.8. The maximum absolute atomic E-state index is 10.8. The van der Waals surface area contributed by atoms with Crippen LogP contribution in [0.3, 0.4) is 0 Å². The van der Waals surface area contributed by atoms with Crippen LogP contribution in [-0.2, 0) is 19.1 Å². The molecular weight excluding hydrogens is 226 g/mol. The predicted octanol–water partition coefficient (Wildman–Crippen LogP) is -0.266. The molecule has 0 heterocycles. The van der Waals surface area contributed by atoms with Crippen molar-refractivity contribution in [3.63, 3.8) is 0 Å². The van der Waals surface area contributed by atoms with E-state index in [1.54, 1.807) is 6.92 Å². The lowest BCUT2D eigenvalue weighted by Crippen LogP contribution is -2.34. The Balaban J connectivity index is 4.05. The summed E-state index contributed by atoms with van der Waals surface area (Å²) >= 11 is 4.44. The van der Waals surface area contributed by atoms with Crippen LogP contribution in [0.2, 0.25) is 0 Å². The molecule has 0 aliphatic heterocycles. The fourth-order valence-corrected chi connectivity index (χ4v) is 1.37. The number of carbonyl (C=O) groups excluding carboxylic acids is 1. The van der Waals surface area contributed by atoms with E-state index in [1.165, 1.54) is 0 Å². The van der Waals surface area contributed by atoms with E-state index in [-0.39, 0.29) is 12.5 Å². The first-order valence-electron chi connectivity index (χ1n) is 3.91. The lowest BCUT2D eigenvalue weighted by Gasteiger charge is -2.10. The van der Waals surface area contributed by atoms with E-state index < -0.39 is 16.2 Å². The number of amides is 1. The van der Waals surface area contributed by atoms with Crippen LogP contribution in [0.5, 0.6) is 0 Å². The van der Waals surface area contributed by atoms with E-state index in [0.29, 0.717) is 6.42 Å². The van der Waals surface area contributed by atoms with E-state index in [0.717, 1.165) is 6.26 Å². The van der Waals surface area contributed by atoms with Gasteiger partial charge < -0.3 is 5.32 Å². The summed E-state index contributed by atoms with van der Waals surface area (Å²) in [5.74, 6) is -0.197. The van der Waals surface area contributed by atoms with Gasteiger partial charge in [0.05, 0.1) is 18.2 Å². The summed E-state index contributed by atoms with van der Waals surface area (Å²) < 4.78 is 25.9. The first kappa shape index (κ1) is 13.5. The summed E-state index contributed by atoms with van der Waals surface area (Å²) in [7, 11) is -3.57. The molecule has 0 aromatic rings. The van der Waals surface area contributed by atoms with Gasteiger partial charge in [0.15, 0.2) is 0 Å². The van der Waals surface area contributed by atoms with Gasteiger partial charge in [-0.05, 0) is 0 Å². The highest BCUT2D eigenvalue weighted by molar-refractivity contribution is 7.86. The molecule has 0 spiro atoms. The summed E-state index contributed by atoms with van der Waals surface area (Å²) in [5, 5.41) is 4.65. The van der Waals surface area contributed by atoms with Crippen LogP contribution < -0.4 is 5.32 Å². The summed E-state index contributed by atoms with van der Waals surface area (Å²) in [5.41, 5.74) is 0. The van der Waals surface area contributed by atoms with Gasteiger partial charge in [-0.1, -0.05) is 19.1 Å². The van der Waals surface area contributed by atoms with Crippen molar-refractivity contribution in [3.8, 4) is 0 Å². The molecule has 0 aliphatic rings. The Hall–Kier alpha value is -0.530. The average molecular weight is 238 g/mol. The molecule has 14 heavy (non-hydrogen) atoms. The quantitative estimate of drug-likeness (QED) is 0.509. The van der Waals surface area contributed by atoms with Crippen LogP contribution in [0.25, 0.3) is 0 Å². The zero-order valence-corrected chi connectivity index (χ0v) is 9.57. The van der Waals surface area contributed by atoms with Crippen molar-refractivity contribution in [1.82, 2.24) is 5.32 Å². The standard InChI is InChI=1S/C7H12NO4S2/c1-3-7(9)8-4-6(5-13)12-14(2,10)11/h6H,3-4H2,1-2H3,(H,8,9). The molecule has 1 unspecified atom stereocenters. The highest BCUT2D eigenvalue weighted by Gasteiger charge is 2.13. The van der Waals surface area contributed by atoms with E-state index in [1.807, 2.05) is 0 Å². The molecule has 1 amide bonds. The Morgan fingerprint density at radius 1 is 1.64 bits per heavy atom. The first-order chi connectivity index (χ1) is 6.39. The summed E-state index contributed by atoms with van der Waals surface area (Å²) in [6.45, 7) is 1.70. The van der Waals surface area contributed by atoms with Crippen LogP contribution in [0, 0.1) is 0 Å². The molecule has 0 bridgehead atoms. The number of carbonyl (C=O) groups is 1. The third kappa shape index (κ3) is 6.93. The minimum absolute atomic E-state index is 0.0171. The Bertz CT molecular complexity index is 299. The third-order valence-corrected chi connectivity index (χ3v) is 2.07. The minimum atomic E-state index is -3.57. The summed E-state index contributed by atoms with van der Waals surface area (Å²) in [6, 6.07) is 0. The Kier molecular flexibility index (Phi) is 5.82. The number of thiocarbonyl (C=S) groups is 1. The predicted molar refractivity (Wildman–Crippen MR) is 55.6 cm³/mol. The number of nitrogens with one attached hydrogen (secondary N) is 1. The normalized spacial score (nSPS) is 13.3. The molecule has 0 aliphatic carbocycles. The molecule has 1 atom stereocenters. The van der Waals surface area contributed by atoms with Gasteiger partial charge >= 0.3 is 0 Å². The number of rotatable bonds is 6. The lowest BCUT2D eigenvalue weighted by molar-refractivity contribution is -0.120. The highest BCUT2D eigenvalue weighted by atomic mass is 32.2. The van der Waals surface area contributed by atoms with Crippen molar-refractivity contribution in [3.05, 3.63) is 0 Å². The van der Waals surface area contributed by atoms with Gasteiger partial charge in [-0.2, -0.15) is 8.42 Å². The van der Waals surface area contributed by atoms with Crippen molar-refractivity contribution in [1.29, 1.82) is 0 Å². The van der Waals surface area contributed by atoms with Gasteiger partial charge in [0.1, 0.15) is 6.10 Å². The maximum Gasteiger partial charge on any atom is 0.265 e. The molecule has 0 saturated carbocycles. The second-order valence-electron chi connectivity index (χ2n) is 2.56. The fourth-order valence-electron chi connectivity index (χ4n) is 0.638. The van der Waals surface area contributed by atoms with Crippen molar-refractivity contribution in [2.45, 2.75) is 19.4 Å². The van der Waals surface area contributed by atoms with E-state index in [4.69, 9.17) is 0 Å². The van der Waals surface area contributed by atoms with Gasteiger partial charge in [-0.3, -0.25) is 8.98 Å². The van der Waals surface area contributed by atoms with Crippen molar-refractivity contribution >= 4 is 33.6 Å². The molecule has 81 valence electrons. The summed E-state index contributed by atoms with van der Waals surface area (Å²) in [4.78, 5) is 10.8. The molecule has 0 rings (SSSR count).